The van der Waals surface area contributed by atoms with Crippen LogP contribution in [0.15, 0.2) is 42.7 Å². The molecule has 1 aromatic carbocycles. The van der Waals surface area contributed by atoms with E-state index in [9.17, 15) is 18.0 Å². The van der Waals surface area contributed by atoms with E-state index in [2.05, 4.69) is 23.0 Å². The molecular weight excluding hydrogens is 425 g/mol. The Hall–Kier alpha value is -2.88. The molecule has 1 amide bonds. The topological polar surface area (TPSA) is 78.7 Å². The van der Waals surface area contributed by atoms with Crippen LogP contribution >= 0.6 is 0 Å². The van der Waals surface area contributed by atoms with E-state index in [0.29, 0.717) is 13.0 Å². The van der Waals surface area contributed by atoms with Gasteiger partial charge in [-0.1, -0.05) is 25.1 Å². The fourth-order valence-corrected chi connectivity index (χ4v) is 3.56. The maximum atomic E-state index is 12.5. The number of rotatable bonds is 6. The van der Waals surface area contributed by atoms with Crippen LogP contribution in [0, 0.1) is 5.92 Å². The third-order valence-electron chi connectivity index (χ3n) is 5.20. The van der Waals surface area contributed by atoms with Crippen molar-refractivity contribution in [3.05, 3.63) is 48.3 Å². The van der Waals surface area contributed by atoms with Crippen LogP contribution in [0.5, 0.6) is 0 Å². The molecule has 1 unspecified atom stereocenters. The summed E-state index contributed by atoms with van der Waals surface area (Å²) in [4.78, 5) is 25.7. The summed E-state index contributed by atoms with van der Waals surface area (Å²) in [5, 5.41) is 11.4. The van der Waals surface area contributed by atoms with Crippen molar-refractivity contribution in [2.24, 2.45) is 5.92 Å². The van der Waals surface area contributed by atoms with Gasteiger partial charge in [-0.25, -0.2) is 9.48 Å². The molecule has 0 saturated carbocycles. The number of nitrogens with zero attached hydrogens (tertiary/aromatic N) is 4. The summed E-state index contributed by atoms with van der Waals surface area (Å²) in [5.74, 6) is -1.80. The number of alkyl halides is 3. The molecular formula is C22H29F3N4O3. The number of aromatic nitrogens is 2. The van der Waals surface area contributed by atoms with E-state index >= 15 is 0 Å². The summed E-state index contributed by atoms with van der Waals surface area (Å²) >= 11 is 0. The van der Waals surface area contributed by atoms with E-state index in [1.54, 1.807) is 6.20 Å². The van der Waals surface area contributed by atoms with E-state index in [1.165, 1.54) is 12.8 Å². The largest absolute Gasteiger partial charge is 0.490 e. The number of para-hydroxylation sites is 1. The van der Waals surface area contributed by atoms with E-state index in [4.69, 9.17) is 9.90 Å². The smallest absolute Gasteiger partial charge is 0.475 e. The number of carbonyl (C=O) groups excluding carboxylic acids is 1. The molecule has 1 aliphatic rings. The number of piperidine rings is 1. The SMILES string of the molecule is CC1CCCN(CCC(=O)N(C)Cc2ccccc2-n2cccn2)C1.O=C(O)C(F)(F)F. The van der Waals surface area contributed by atoms with Gasteiger partial charge in [-0.15, -0.1) is 0 Å². The molecule has 176 valence electrons. The highest BCUT2D eigenvalue weighted by Gasteiger charge is 2.38. The van der Waals surface area contributed by atoms with E-state index < -0.39 is 12.1 Å². The number of aliphatic carboxylic acids is 1. The van der Waals surface area contributed by atoms with Crippen LogP contribution in [-0.4, -0.2) is 69.4 Å². The fourth-order valence-electron chi connectivity index (χ4n) is 3.56. The Bertz CT molecular complexity index is 872. The lowest BCUT2D eigenvalue weighted by Crippen LogP contribution is -2.37. The molecule has 32 heavy (non-hydrogen) atoms. The van der Waals surface area contributed by atoms with Gasteiger partial charge in [-0.2, -0.15) is 18.3 Å². The molecule has 3 rings (SSSR count). The number of amides is 1. The van der Waals surface area contributed by atoms with E-state index in [-0.39, 0.29) is 5.91 Å². The number of carboxylic acids is 1. The summed E-state index contributed by atoms with van der Waals surface area (Å²) in [7, 11) is 1.89. The number of hydrogen-bond donors (Lipinski definition) is 1. The summed E-state index contributed by atoms with van der Waals surface area (Å²) in [6, 6.07) is 10.0. The minimum absolute atomic E-state index is 0.202. The molecule has 1 aliphatic heterocycles. The summed E-state index contributed by atoms with van der Waals surface area (Å²) < 4.78 is 33.6. The Morgan fingerprint density at radius 2 is 1.94 bits per heavy atom. The van der Waals surface area contributed by atoms with Gasteiger partial charge in [0.1, 0.15) is 0 Å². The van der Waals surface area contributed by atoms with Crippen LogP contribution in [-0.2, 0) is 16.1 Å². The predicted octanol–water partition coefficient (Wildman–Crippen LogP) is 3.59. The molecule has 0 aliphatic carbocycles. The Kier molecular flexibility index (Phi) is 9.25. The molecule has 1 atom stereocenters. The maximum absolute atomic E-state index is 12.5. The summed E-state index contributed by atoms with van der Waals surface area (Å²) in [5.41, 5.74) is 2.13. The van der Waals surface area contributed by atoms with Crippen molar-refractivity contribution in [3.63, 3.8) is 0 Å². The lowest BCUT2D eigenvalue weighted by Gasteiger charge is -2.31. The number of hydrogen-bond acceptors (Lipinski definition) is 4. The molecule has 2 heterocycles. The first-order valence-corrected chi connectivity index (χ1v) is 10.4. The van der Waals surface area contributed by atoms with Gasteiger partial charge >= 0.3 is 12.1 Å². The zero-order chi connectivity index (χ0) is 23.7. The second-order valence-electron chi connectivity index (χ2n) is 7.93. The third kappa shape index (κ3) is 7.99. The Labute approximate surface area is 185 Å². The molecule has 1 saturated heterocycles. The standard InChI is InChI=1S/C20H28N4O.C2HF3O2/c1-17-7-5-12-23(15-17)14-10-20(25)22(2)16-18-8-3-4-9-19(18)24-13-6-11-21-24;3-2(4,5)1(6)7/h3-4,6,8-9,11,13,17H,5,7,10,12,14-16H2,1-2H3;(H,6,7). The first-order chi connectivity index (χ1) is 15.1. The van der Waals surface area contributed by atoms with Gasteiger partial charge in [0.15, 0.2) is 0 Å². The van der Waals surface area contributed by atoms with Crippen LogP contribution < -0.4 is 0 Å². The predicted molar refractivity (Wildman–Crippen MR) is 113 cm³/mol. The van der Waals surface area contributed by atoms with Crippen molar-refractivity contribution in [2.75, 3.05) is 26.7 Å². The number of halogens is 3. The molecule has 10 heteroatoms. The van der Waals surface area contributed by atoms with Gasteiger partial charge in [-0.3, -0.25) is 4.79 Å². The number of carbonyl (C=O) groups is 2. The third-order valence-corrected chi connectivity index (χ3v) is 5.20. The average Bonchev–Trinajstić information content (AvgIpc) is 3.27. The van der Waals surface area contributed by atoms with Crippen LogP contribution in [0.1, 0.15) is 31.7 Å². The number of carboxylic acid groups (broad SMARTS) is 1. The van der Waals surface area contributed by atoms with Crippen LogP contribution in [0.2, 0.25) is 0 Å². The molecule has 1 aromatic heterocycles. The van der Waals surface area contributed by atoms with Crippen molar-refractivity contribution in [3.8, 4) is 5.69 Å². The van der Waals surface area contributed by atoms with Crippen molar-refractivity contribution in [1.29, 1.82) is 0 Å². The van der Waals surface area contributed by atoms with Crippen LogP contribution in [0.25, 0.3) is 5.69 Å². The zero-order valence-corrected chi connectivity index (χ0v) is 18.3. The molecule has 7 nitrogen and oxygen atoms in total. The van der Waals surface area contributed by atoms with Gasteiger partial charge in [0.05, 0.1) is 5.69 Å². The monoisotopic (exact) mass is 454 g/mol. The van der Waals surface area contributed by atoms with Gasteiger partial charge < -0.3 is 14.9 Å². The molecule has 2 aromatic rings. The van der Waals surface area contributed by atoms with Gasteiger partial charge in [0.25, 0.3) is 0 Å². The summed E-state index contributed by atoms with van der Waals surface area (Å²) in [6.45, 7) is 6.02. The second kappa shape index (κ2) is 11.7. The highest BCUT2D eigenvalue weighted by Crippen LogP contribution is 2.17. The number of benzene rings is 1. The highest BCUT2D eigenvalue weighted by atomic mass is 19.4. The van der Waals surface area contributed by atoms with Crippen molar-refractivity contribution in [2.45, 2.75) is 38.9 Å². The zero-order valence-electron chi connectivity index (χ0n) is 18.3. The Morgan fingerprint density at radius 3 is 2.53 bits per heavy atom. The van der Waals surface area contributed by atoms with Crippen molar-refractivity contribution < 1.29 is 27.9 Å². The van der Waals surface area contributed by atoms with E-state index in [1.807, 2.05) is 47.1 Å². The van der Waals surface area contributed by atoms with Gasteiger partial charge in [0.2, 0.25) is 5.91 Å². The second-order valence-corrected chi connectivity index (χ2v) is 7.93. The number of likely N-dealkylation sites (tertiary alicyclic amines) is 1. The first-order valence-electron chi connectivity index (χ1n) is 10.4. The molecule has 0 bridgehead atoms. The average molecular weight is 454 g/mol. The lowest BCUT2D eigenvalue weighted by atomic mass is 10.0. The van der Waals surface area contributed by atoms with Gasteiger partial charge in [0, 0.05) is 45.5 Å². The van der Waals surface area contributed by atoms with E-state index in [0.717, 1.165) is 36.8 Å². The maximum Gasteiger partial charge on any atom is 0.490 e. The Balaban J connectivity index is 0.000000451. The fraction of sp³-hybridized carbons (Fsp3) is 0.500. The lowest BCUT2D eigenvalue weighted by molar-refractivity contribution is -0.192. The molecule has 1 fully saturated rings. The Morgan fingerprint density at radius 1 is 1.25 bits per heavy atom. The van der Waals surface area contributed by atoms with Crippen molar-refractivity contribution in [1.82, 2.24) is 19.6 Å². The first kappa shape index (κ1) is 25.4. The normalized spacial score (nSPS) is 16.7. The highest BCUT2D eigenvalue weighted by molar-refractivity contribution is 5.76. The minimum atomic E-state index is -5.08. The minimum Gasteiger partial charge on any atom is -0.475 e. The van der Waals surface area contributed by atoms with Crippen molar-refractivity contribution >= 4 is 11.9 Å². The summed E-state index contributed by atoms with van der Waals surface area (Å²) in [6.07, 6.45) is 1.77. The quantitative estimate of drug-likeness (QED) is 0.722. The van der Waals surface area contributed by atoms with Gasteiger partial charge in [-0.05, 0) is 43.0 Å². The molecule has 0 spiro atoms. The molecule has 1 N–H and O–H groups in total. The van der Waals surface area contributed by atoms with Crippen LogP contribution in [0.4, 0.5) is 13.2 Å². The van der Waals surface area contributed by atoms with Crippen LogP contribution in [0.3, 0.4) is 0 Å². The molecule has 0 radical (unpaired) electrons.